The second-order valence-electron chi connectivity index (χ2n) is 4.52. The lowest BCUT2D eigenvalue weighted by atomic mass is 9.99. The van der Waals surface area contributed by atoms with E-state index in [0.29, 0.717) is 10.8 Å². The first-order valence-corrected chi connectivity index (χ1v) is 6.73. The standard InChI is InChI=1S/C15H18ClN3O/c1-18-14(13-8-11(16)9-19-15(13)17)7-10-3-5-12(20-2)6-4-10/h3-6,8-9,14,18H,7H2,1-2H3,(H2,17,19). The van der Waals surface area contributed by atoms with Crippen molar-refractivity contribution in [2.24, 2.45) is 0 Å². The van der Waals surface area contributed by atoms with Crippen LogP contribution in [0.4, 0.5) is 5.82 Å². The predicted molar refractivity (Wildman–Crippen MR) is 82.2 cm³/mol. The summed E-state index contributed by atoms with van der Waals surface area (Å²) in [5, 5.41) is 3.84. The molecule has 0 saturated carbocycles. The number of hydrogen-bond donors (Lipinski definition) is 2. The van der Waals surface area contributed by atoms with Gasteiger partial charge in [-0.2, -0.15) is 0 Å². The van der Waals surface area contributed by atoms with Crippen molar-refractivity contribution < 1.29 is 4.74 Å². The van der Waals surface area contributed by atoms with Crippen molar-refractivity contribution in [3.05, 3.63) is 52.7 Å². The lowest BCUT2D eigenvalue weighted by Crippen LogP contribution is -2.20. The van der Waals surface area contributed by atoms with E-state index < -0.39 is 0 Å². The Balaban J connectivity index is 2.21. The van der Waals surface area contributed by atoms with Gasteiger partial charge in [0.25, 0.3) is 0 Å². The smallest absolute Gasteiger partial charge is 0.128 e. The maximum Gasteiger partial charge on any atom is 0.128 e. The Bertz CT molecular complexity index is 572. The van der Waals surface area contributed by atoms with Crippen LogP contribution < -0.4 is 15.8 Å². The summed E-state index contributed by atoms with van der Waals surface area (Å²) in [5.41, 5.74) is 8.03. The molecule has 4 nitrogen and oxygen atoms in total. The number of methoxy groups -OCH3 is 1. The summed E-state index contributed by atoms with van der Waals surface area (Å²) < 4.78 is 5.16. The molecule has 106 valence electrons. The van der Waals surface area contributed by atoms with Crippen LogP contribution in [-0.4, -0.2) is 19.1 Å². The monoisotopic (exact) mass is 291 g/mol. The van der Waals surface area contributed by atoms with Crippen molar-refractivity contribution in [3.63, 3.8) is 0 Å². The Labute approximate surface area is 123 Å². The van der Waals surface area contributed by atoms with Crippen LogP contribution >= 0.6 is 11.6 Å². The molecule has 0 amide bonds. The molecule has 0 bridgehead atoms. The molecular weight excluding hydrogens is 274 g/mol. The Morgan fingerprint density at radius 3 is 2.65 bits per heavy atom. The van der Waals surface area contributed by atoms with Crippen molar-refractivity contribution >= 4 is 17.4 Å². The average molecular weight is 292 g/mol. The topological polar surface area (TPSA) is 60.2 Å². The van der Waals surface area contributed by atoms with Gasteiger partial charge in [0.1, 0.15) is 11.6 Å². The van der Waals surface area contributed by atoms with E-state index >= 15 is 0 Å². The van der Waals surface area contributed by atoms with Gasteiger partial charge in [-0.15, -0.1) is 0 Å². The van der Waals surface area contributed by atoms with Crippen molar-refractivity contribution in [2.45, 2.75) is 12.5 Å². The Hall–Kier alpha value is -1.78. The molecule has 0 radical (unpaired) electrons. The SMILES string of the molecule is CNC(Cc1ccc(OC)cc1)c1cc(Cl)cnc1N. The number of hydrogen-bond acceptors (Lipinski definition) is 4. The van der Waals surface area contributed by atoms with Gasteiger partial charge in [-0.05, 0) is 37.2 Å². The van der Waals surface area contributed by atoms with E-state index in [4.69, 9.17) is 22.1 Å². The van der Waals surface area contributed by atoms with E-state index in [9.17, 15) is 0 Å². The molecule has 0 aliphatic heterocycles. The predicted octanol–water partition coefficient (Wildman–Crippen LogP) is 2.83. The minimum atomic E-state index is 0.0644. The molecule has 20 heavy (non-hydrogen) atoms. The molecule has 1 atom stereocenters. The van der Waals surface area contributed by atoms with Gasteiger partial charge in [-0.3, -0.25) is 0 Å². The third-order valence-corrected chi connectivity index (χ3v) is 3.45. The Morgan fingerprint density at radius 2 is 2.05 bits per heavy atom. The first kappa shape index (κ1) is 14.6. The highest BCUT2D eigenvalue weighted by atomic mass is 35.5. The van der Waals surface area contributed by atoms with Crippen LogP contribution in [0.15, 0.2) is 36.5 Å². The number of halogens is 1. The number of likely N-dealkylation sites (N-methyl/N-ethyl adjacent to an activating group) is 1. The van der Waals surface area contributed by atoms with Crippen LogP contribution in [-0.2, 0) is 6.42 Å². The van der Waals surface area contributed by atoms with Crippen LogP contribution in [0.1, 0.15) is 17.2 Å². The molecular formula is C15H18ClN3O. The average Bonchev–Trinajstić information content (AvgIpc) is 2.48. The molecule has 3 N–H and O–H groups in total. The highest BCUT2D eigenvalue weighted by Gasteiger charge is 2.14. The number of aromatic nitrogens is 1. The second-order valence-corrected chi connectivity index (χ2v) is 4.96. The fourth-order valence-corrected chi connectivity index (χ4v) is 2.28. The van der Waals surface area contributed by atoms with E-state index in [0.717, 1.165) is 17.7 Å². The van der Waals surface area contributed by atoms with E-state index in [-0.39, 0.29) is 6.04 Å². The van der Waals surface area contributed by atoms with Crippen LogP contribution in [0.2, 0.25) is 5.02 Å². The first-order valence-electron chi connectivity index (χ1n) is 6.35. The molecule has 0 fully saturated rings. The quantitative estimate of drug-likeness (QED) is 0.889. The molecule has 5 heteroatoms. The van der Waals surface area contributed by atoms with E-state index in [1.54, 1.807) is 13.3 Å². The lowest BCUT2D eigenvalue weighted by molar-refractivity contribution is 0.414. The largest absolute Gasteiger partial charge is 0.497 e. The van der Waals surface area contributed by atoms with Crippen molar-refractivity contribution in [3.8, 4) is 5.75 Å². The van der Waals surface area contributed by atoms with Crippen molar-refractivity contribution in [1.29, 1.82) is 0 Å². The number of nitrogens with one attached hydrogen (secondary N) is 1. The van der Waals surface area contributed by atoms with Gasteiger partial charge in [-0.1, -0.05) is 23.7 Å². The number of nitrogens with two attached hydrogens (primary N) is 1. The van der Waals surface area contributed by atoms with Gasteiger partial charge in [0.2, 0.25) is 0 Å². The summed E-state index contributed by atoms with van der Waals surface area (Å²) in [5.74, 6) is 1.35. The molecule has 2 aromatic rings. The molecule has 0 saturated heterocycles. The molecule has 1 unspecified atom stereocenters. The molecule has 0 aliphatic carbocycles. The fourth-order valence-electron chi connectivity index (χ4n) is 2.11. The Morgan fingerprint density at radius 1 is 1.35 bits per heavy atom. The van der Waals surface area contributed by atoms with E-state index in [1.807, 2.05) is 37.4 Å². The second kappa shape index (κ2) is 6.59. The normalized spacial score (nSPS) is 12.2. The first-order chi connectivity index (χ1) is 9.63. The van der Waals surface area contributed by atoms with E-state index in [1.165, 1.54) is 5.56 Å². The third kappa shape index (κ3) is 3.40. The molecule has 1 aromatic heterocycles. The summed E-state index contributed by atoms with van der Waals surface area (Å²) in [4.78, 5) is 4.10. The summed E-state index contributed by atoms with van der Waals surface area (Å²) in [7, 11) is 3.55. The zero-order valence-corrected chi connectivity index (χ0v) is 12.3. The lowest BCUT2D eigenvalue weighted by Gasteiger charge is -2.18. The van der Waals surface area contributed by atoms with Gasteiger partial charge in [-0.25, -0.2) is 4.98 Å². The summed E-state index contributed by atoms with van der Waals surface area (Å²) in [6.07, 6.45) is 2.35. The number of benzene rings is 1. The fraction of sp³-hybridized carbons (Fsp3) is 0.267. The summed E-state index contributed by atoms with van der Waals surface area (Å²) in [6.45, 7) is 0. The number of pyridine rings is 1. The van der Waals surface area contributed by atoms with Crippen molar-refractivity contribution in [2.75, 3.05) is 19.9 Å². The maximum atomic E-state index is 6.00. The minimum absolute atomic E-state index is 0.0644. The van der Waals surface area contributed by atoms with Gasteiger partial charge in [0.15, 0.2) is 0 Å². The van der Waals surface area contributed by atoms with Gasteiger partial charge >= 0.3 is 0 Å². The number of ether oxygens (including phenoxy) is 1. The van der Waals surface area contributed by atoms with Crippen LogP contribution in [0.25, 0.3) is 0 Å². The molecule has 0 spiro atoms. The third-order valence-electron chi connectivity index (χ3n) is 3.24. The molecule has 1 aromatic carbocycles. The highest BCUT2D eigenvalue weighted by Crippen LogP contribution is 2.25. The highest BCUT2D eigenvalue weighted by molar-refractivity contribution is 6.30. The van der Waals surface area contributed by atoms with Gasteiger partial charge < -0.3 is 15.8 Å². The maximum absolute atomic E-state index is 6.00. The summed E-state index contributed by atoms with van der Waals surface area (Å²) in [6, 6.07) is 9.89. The minimum Gasteiger partial charge on any atom is -0.497 e. The molecule has 2 rings (SSSR count). The summed E-state index contributed by atoms with van der Waals surface area (Å²) >= 11 is 6.00. The Kier molecular flexibility index (Phi) is 4.82. The number of nitrogens with zero attached hydrogens (tertiary/aromatic N) is 1. The van der Waals surface area contributed by atoms with E-state index in [2.05, 4.69) is 10.3 Å². The van der Waals surface area contributed by atoms with Gasteiger partial charge in [0.05, 0.1) is 12.1 Å². The van der Waals surface area contributed by atoms with Crippen LogP contribution in [0.5, 0.6) is 5.75 Å². The molecule has 1 heterocycles. The zero-order valence-electron chi connectivity index (χ0n) is 11.6. The van der Waals surface area contributed by atoms with Crippen LogP contribution in [0, 0.1) is 0 Å². The number of nitrogen functional groups attached to an aromatic ring is 1. The number of rotatable bonds is 5. The van der Waals surface area contributed by atoms with Crippen molar-refractivity contribution in [1.82, 2.24) is 10.3 Å². The molecule has 0 aliphatic rings. The van der Waals surface area contributed by atoms with Crippen LogP contribution in [0.3, 0.4) is 0 Å². The number of anilines is 1. The van der Waals surface area contributed by atoms with Gasteiger partial charge in [0, 0.05) is 17.8 Å². The zero-order chi connectivity index (χ0) is 14.5.